The molecule has 0 aromatic heterocycles. The topological polar surface area (TPSA) is 18.5 Å². The molecule has 3 heteroatoms. The van der Waals surface area contributed by atoms with Gasteiger partial charge in [-0.25, -0.2) is 0 Å². The molecule has 0 N–H and O–H groups in total. The van der Waals surface area contributed by atoms with E-state index in [1.165, 1.54) is 128 Å². The molecule has 0 saturated heterocycles. The molecular formula is C29H62O2Si. The highest BCUT2D eigenvalue weighted by atomic mass is 28.4. The summed E-state index contributed by atoms with van der Waals surface area (Å²) < 4.78 is 13.0. The summed E-state index contributed by atoms with van der Waals surface area (Å²) in [7, 11) is -1.98. The van der Waals surface area contributed by atoms with Gasteiger partial charge >= 0.3 is 8.56 Å². The lowest BCUT2D eigenvalue weighted by molar-refractivity contribution is 0.114. The highest BCUT2D eigenvalue weighted by Crippen LogP contribution is 2.23. The maximum Gasteiger partial charge on any atom is 0.337 e. The third kappa shape index (κ3) is 19.6. The molecule has 0 aliphatic carbocycles. The molecule has 0 aromatic carbocycles. The molecule has 0 fully saturated rings. The van der Waals surface area contributed by atoms with E-state index < -0.39 is 8.56 Å². The van der Waals surface area contributed by atoms with Gasteiger partial charge < -0.3 is 8.85 Å². The molecule has 0 saturated carbocycles. The third-order valence-electron chi connectivity index (χ3n) is 7.07. The lowest BCUT2D eigenvalue weighted by atomic mass is 10.0. The number of hydrogen-bond donors (Lipinski definition) is 0. The fraction of sp³-hybridized carbons (Fsp3) is 1.00. The Balaban J connectivity index is 3.56. The molecule has 0 bridgehead atoms. The molecule has 0 aliphatic heterocycles. The summed E-state index contributed by atoms with van der Waals surface area (Å²) in [5.41, 5.74) is 0. The van der Waals surface area contributed by atoms with Crippen LogP contribution in [0.15, 0.2) is 0 Å². The van der Waals surface area contributed by atoms with Crippen molar-refractivity contribution in [1.82, 2.24) is 0 Å². The van der Waals surface area contributed by atoms with Crippen LogP contribution in [-0.4, -0.2) is 21.3 Å². The first-order chi connectivity index (χ1) is 15.6. The minimum atomic E-state index is -1.98. The van der Waals surface area contributed by atoms with Crippen molar-refractivity contribution in [3.05, 3.63) is 0 Å². The summed E-state index contributed by atoms with van der Waals surface area (Å²) in [5, 5.41) is 0. The quantitative estimate of drug-likeness (QED) is 0.0924. The standard InChI is InChI=1S/C29H62O2Si/c1-6-10-12-13-14-15-16-17-18-19-20-21-22-23-24-26-28-30-32(8-3,9-4)31-29(5)27-25-11-7-2/h29H,6-28H2,1-5H3. The van der Waals surface area contributed by atoms with Crippen LogP contribution in [0.2, 0.25) is 12.1 Å². The second-order valence-electron chi connectivity index (χ2n) is 10.2. The Morgan fingerprint density at radius 1 is 0.500 bits per heavy atom. The van der Waals surface area contributed by atoms with Crippen molar-refractivity contribution < 1.29 is 8.85 Å². The van der Waals surface area contributed by atoms with E-state index in [0.717, 1.165) is 18.7 Å². The van der Waals surface area contributed by atoms with E-state index in [4.69, 9.17) is 8.85 Å². The van der Waals surface area contributed by atoms with E-state index in [9.17, 15) is 0 Å². The molecule has 0 rings (SSSR count). The van der Waals surface area contributed by atoms with Crippen molar-refractivity contribution in [2.75, 3.05) is 6.61 Å². The molecule has 194 valence electrons. The minimum Gasteiger partial charge on any atom is -0.394 e. The predicted molar refractivity (Wildman–Crippen MR) is 147 cm³/mol. The minimum absolute atomic E-state index is 0.360. The van der Waals surface area contributed by atoms with E-state index in [0.29, 0.717) is 6.10 Å². The summed E-state index contributed by atoms with van der Waals surface area (Å²) in [6.07, 6.45) is 28.1. The summed E-state index contributed by atoms with van der Waals surface area (Å²) >= 11 is 0. The van der Waals surface area contributed by atoms with Crippen LogP contribution in [0.4, 0.5) is 0 Å². The van der Waals surface area contributed by atoms with Gasteiger partial charge in [0.1, 0.15) is 0 Å². The monoisotopic (exact) mass is 470 g/mol. The highest BCUT2D eigenvalue weighted by Gasteiger charge is 2.35. The zero-order chi connectivity index (χ0) is 23.8. The van der Waals surface area contributed by atoms with Gasteiger partial charge in [0.25, 0.3) is 0 Å². The van der Waals surface area contributed by atoms with Crippen LogP contribution < -0.4 is 0 Å². The number of rotatable bonds is 26. The fourth-order valence-electron chi connectivity index (χ4n) is 4.67. The van der Waals surface area contributed by atoms with E-state index in [1.807, 2.05) is 0 Å². The van der Waals surface area contributed by atoms with Gasteiger partial charge in [0.15, 0.2) is 0 Å². The first-order valence-corrected chi connectivity index (χ1v) is 17.2. The Labute approximate surface area is 205 Å². The second-order valence-corrected chi connectivity index (χ2v) is 14.0. The third-order valence-corrected chi connectivity index (χ3v) is 10.8. The molecule has 1 unspecified atom stereocenters. The van der Waals surface area contributed by atoms with Crippen molar-refractivity contribution in [2.24, 2.45) is 0 Å². The molecule has 0 aliphatic rings. The molecular weight excluding hydrogens is 408 g/mol. The molecule has 0 amide bonds. The Morgan fingerprint density at radius 3 is 1.28 bits per heavy atom. The zero-order valence-electron chi connectivity index (χ0n) is 23.2. The lowest BCUT2D eigenvalue weighted by Crippen LogP contribution is -2.43. The van der Waals surface area contributed by atoms with E-state index >= 15 is 0 Å². The van der Waals surface area contributed by atoms with Gasteiger partial charge in [-0.05, 0) is 31.9 Å². The molecule has 0 spiro atoms. The van der Waals surface area contributed by atoms with Crippen molar-refractivity contribution >= 4 is 8.56 Å². The van der Waals surface area contributed by atoms with Gasteiger partial charge in [0.05, 0.1) is 0 Å². The van der Waals surface area contributed by atoms with Gasteiger partial charge in [-0.2, -0.15) is 0 Å². The lowest BCUT2D eigenvalue weighted by Gasteiger charge is -2.32. The first kappa shape index (κ1) is 32.1. The summed E-state index contributed by atoms with van der Waals surface area (Å²) in [6, 6.07) is 2.17. The molecule has 0 aromatic rings. The van der Waals surface area contributed by atoms with Crippen LogP contribution >= 0.6 is 0 Å². The molecule has 1 atom stereocenters. The van der Waals surface area contributed by atoms with Crippen molar-refractivity contribution in [3.8, 4) is 0 Å². The van der Waals surface area contributed by atoms with Crippen LogP contribution in [0.1, 0.15) is 163 Å². The molecule has 32 heavy (non-hydrogen) atoms. The van der Waals surface area contributed by atoms with Crippen LogP contribution in [-0.2, 0) is 8.85 Å². The van der Waals surface area contributed by atoms with E-state index in [1.54, 1.807) is 0 Å². The van der Waals surface area contributed by atoms with Gasteiger partial charge in [0, 0.05) is 12.7 Å². The number of hydrogen-bond acceptors (Lipinski definition) is 2. The van der Waals surface area contributed by atoms with Crippen molar-refractivity contribution in [1.29, 1.82) is 0 Å². The van der Waals surface area contributed by atoms with Crippen LogP contribution in [0.25, 0.3) is 0 Å². The Kier molecular flexibility index (Phi) is 24.4. The Bertz CT molecular complexity index is 357. The molecule has 0 radical (unpaired) electrons. The Morgan fingerprint density at radius 2 is 0.875 bits per heavy atom. The van der Waals surface area contributed by atoms with Crippen molar-refractivity contribution in [2.45, 2.75) is 181 Å². The van der Waals surface area contributed by atoms with Crippen LogP contribution in [0, 0.1) is 0 Å². The summed E-state index contributed by atoms with van der Waals surface area (Å²) in [5.74, 6) is 0. The van der Waals surface area contributed by atoms with Crippen LogP contribution in [0.3, 0.4) is 0 Å². The largest absolute Gasteiger partial charge is 0.394 e. The summed E-state index contributed by atoms with van der Waals surface area (Å²) in [4.78, 5) is 0. The average Bonchev–Trinajstić information content (AvgIpc) is 2.80. The van der Waals surface area contributed by atoms with E-state index in [2.05, 4.69) is 34.6 Å². The number of unbranched alkanes of at least 4 members (excludes halogenated alkanes) is 17. The molecule has 2 nitrogen and oxygen atoms in total. The smallest absolute Gasteiger partial charge is 0.337 e. The maximum atomic E-state index is 6.53. The van der Waals surface area contributed by atoms with Crippen molar-refractivity contribution in [3.63, 3.8) is 0 Å². The summed E-state index contributed by atoms with van der Waals surface area (Å²) in [6.45, 7) is 12.3. The first-order valence-electron chi connectivity index (χ1n) is 15.0. The predicted octanol–water partition coefficient (Wildman–Crippen LogP) is 10.7. The van der Waals surface area contributed by atoms with Gasteiger partial charge in [-0.15, -0.1) is 0 Å². The highest BCUT2D eigenvalue weighted by molar-refractivity contribution is 6.67. The molecule has 0 heterocycles. The SMILES string of the molecule is CCCCCCCCCCCCCCCCCCO[Si](CC)(CC)OC(C)CCCCC. The zero-order valence-corrected chi connectivity index (χ0v) is 24.2. The maximum absolute atomic E-state index is 6.53. The van der Waals surface area contributed by atoms with E-state index in [-0.39, 0.29) is 0 Å². The van der Waals surface area contributed by atoms with Gasteiger partial charge in [-0.3, -0.25) is 0 Å². The normalized spacial score (nSPS) is 13.0. The van der Waals surface area contributed by atoms with Gasteiger partial charge in [0.2, 0.25) is 0 Å². The fourth-order valence-corrected chi connectivity index (χ4v) is 7.35. The second kappa shape index (κ2) is 24.3. The Hall–Kier alpha value is 0.137. The van der Waals surface area contributed by atoms with Crippen LogP contribution in [0.5, 0.6) is 0 Å². The average molecular weight is 471 g/mol. The van der Waals surface area contributed by atoms with Gasteiger partial charge in [-0.1, -0.05) is 143 Å².